The molecule has 1 aliphatic rings. The molecule has 2 aromatic carbocycles. The highest BCUT2D eigenvalue weighted by atomic mass is 16.5. The molecule has 2 aromatic rings. The molecule has 8 nitrogen and oxygen atoms in total. The standard InChI is InChI=1S/C26H30N2O6/c29-17-9-7-15-26(23(31)27-25(33)28-24(26)32)16-8-10-18-34-22(30)21(19-11-3-1-4-12-19)20-13-5-2-6-14-20/h1-6,11-14,21,29H,7-10,15-18H2,(H2,27,28,31,32,33). The van der Waals surface area contributed by atoms with Crippen LogP contribution in [0.5, 0.6) is 0 Å². The van der Waals surface area contributed by atoms with Crippen LogP contribution in [0.15, 0.2) is 60.7 Å². The van der Waals surface area contributed by atoms with Crippen LogP contribution in [-0.2, 0) is 19.1 Å². The van der Waals surface area contributed by atoms with Crippen molar-refractivity contribution in [1.82, 2.24) is 10.6 Å². The summed E-state index contributed by atoms with van der Waals surface area (Å²) in [4.78, 5) is 49.6. The molecule has 1 aliphatic heterocycles. The van der Waals surface area contributed by atoms with Crippen molar-refractivity contribution in [2.45, 2.75) is 44.4 Å². The van der Waals surface area contributed by atoms with E-state index in [-0.39, 0.29) is 32.0 Å². The number of hydrogen-bond acceptors (Lipinski definition) is 6. The Hall–Kier alpha value is -3.52. The summed E-state index contributed by atoms with van der Waals surface area (Å²) in [5.74, 6) is -2.16. The maximum absolute atomic E-state index is 13.0. The maximum Gasteiger partial charge on any atom is 0.328 e. The van der Waals surface area contributed by atoms with E-state index in [1.165, 1.54) is 0 Å². The number of ether oxygens (including phenoxy) is 1. The number of benzene rings is 2. The van der Waals surface area contributed by atoms with E-state index in [9.17, 15) is 19.2 Å². The number of barbiturate groups is 1. The van der Waals surface area contributed by atoms with Crippen LogP contribution in [0.2, 0.25) is 0 Å². The molecular formula is C26H30N2O6. The van der Waals surface area contributed by atoms with Crippen molar-refractivity contribution in [2.75, 3.05) is 13.2 Å². The Labute approximate surface area is 198 Å². The molecular weight excluding hydrogens is 436 g/mol. The normalized spacial score (nSPS) is 15.1. The largest absolute Gasteiger partial charge is 0.465 e. The average Bonchev–Trinajstić information content (AvgIpc) is 2.83. The van der Waals surface area contributed by atoms with Crippen LogP contribution in [0, 0.1) is 5.41 Å². The predicted molar refractivity (Wildman–Crippen MR) is 125 cm³/mol. The van der Waals surface area contributed by atoms with Crippen molar-refractivity contribution < 1.29 is 29.0 Å². The molecule has 4 amide bonds. The Balaban J connectivity index is 1.59. The van der Waals surface area contributed by atoms with E-state index in [0.717, 1.165) is 11.1 Å². The lowest BCUT2D eigenvalue weighted by atomic mass is 9.75. The topological polar surface area (TPSA) is 122 Å². The highest BCUT2D eigenvalue weighted by Gasteiger charge is 2.49. The Morgan fingerprint density at radius 3 is 1.79 bits per heavy atom. The van der Waals surface area contributed by atoms with Gasteiger partial charge in [0.15, 0.2) is 0 Å². The van der Waals surface area contributed by atoms with Crippen LogP contribution >= 0.6 is 0 Å². The Bertz CT molecular complexity index is 933. The summed E-state index contributed by atoms with van der Waals surface area (Å²) in [6.45, 7) is 0.0993. The third-order valence-corrected chi connectivity index (χ3v) is 6.08. The Morgan fingerprint density at radius 2 is 1.29 bits per heavy atom. The summed E-state index contributed by atoms with van der Waals surface area (Å²) in [5.41, 5.74) is 0.299. The van der Waals surface area contributed by atoms with E-state index in [4.69, 9.17) is 9.84 Å². The first-order valence-corrected chi connectivity index (χ1v) is 11.5. The smallest absolute Gasteiger partial charge is 0.328 e. The third-order valence-electron chi connectivity index (χ3n) is 6.08. The van der Waals surface area contributed by atoms with Crippen LogP contribution in [0.4, 0.5) is 4.79 Å². The molecule has 0 unspecified atom stereocenters. The number of rotatable bonds is 12. The molecule has 0 radical (unpaired) electrons. The van der Waals surface area contributed by atoms with Crippen LogP contribution in [0.25, 0.3) is 0 Å². The lowest BCUT2D eigenvalue weighted by Gasteiger charge is -2.34. The van der Waals surface area contributed by atoms with Gasteiger partial charge in [0.05, 0.1) is 6.61 Å². The molecule has 34 heavy (non-hydrogen) atoms. The zero-order chi connectivity index (χ0) is 24.4. The fraction of sp³-hybridized carbons (Fsp3) is 0.385. The second-order valence-electron chi connectivity index (χ2n) is 8.38. The van der Waals surface area contributed by atoms with Crippen molar-refractivity contribution in [3.05, 3.63) is 71.8 Å². The Morgan fingerprint density at radius 1 is 0.794 bits per heavy atom. The summed E-state index contributed by atoms with van der Waals surface area (Å²) in [7, 11) is 0. The van der Waals surface area contributed by atoms with Crippen molar-refractivity contribution in [2.24, 2.45) is 5.41 Å². The molecule has 180 valence electrons. The molecule has 0 bridgehead atoms. The highest BCUT2D eigenvalue weighted by Crippen LogP contribution is 2.34. The van der Waals surface area contributed by atoms with Crippen LogP contribution in [0.3, 0.4) is 0 Å². The fourth-order valence-corrected chi connectivity index (χ4v) is 4.24. The molecule has 0 spiro atoms. The number of nitrogens with one attached hydrogen (secondary N) is 2. The van der Waals surface area contributed by atoms with E-state index in [2.05, 4.69) is 10.6 Å². The molecule has 3 rings (SSSR count). The molecule has 0 aliphatic carbocycles. The maximum atomic E-state index is 13.0. The number of aliphatic hydroxyl groups is 1. The molecule has 0 atom stereocenters. The first-order chi connectivity index (χ1) is 16.5. The summed E-state index contributed by atoms with van der Waals surface area (Å²) < 4.78 is 5.58. The van der Waals surface area contributed by atoms with Gasteiger partial charge in [-0.15, -0.1) is 0 Å². The second kappa shape index (κ2) is 12.1. The zero-order valence-electron chi connectivity index (χ0n) is 19.0. The number of esters is 1. The monoisotopic (exact) mass is 466 g/mol. The fourth-order valence-electron chi connectivity index (χ4n) is 4.24. The number of carbonyl (C=O) groups excluding carboxylic acids is 4. The summed E-state index contributed by atoms with van der Waals surface area (Å²) in [5, 5.41) is 13.4. The first kappa shape index (κ1) is 25.1. The van der Waals surface area contributed by atoms with Crippen molar-refractivity contribution in [3.63, 3.8) is 0 Å². The zero-order valence-corrected chi connectivity index (χ0v) is 19.0. The average molecular weight is 467 g/mol. The molecule has 1 saturated heterocycles. The molecule has 0 saturated carbocycles. The van der Waals surface area contributed by atoms with E-state index in [0.29, 0.717) is 25.7 Å². The van der Waals surface area contributed by atoms with Gasteiger partial charge in [0.25, 0.3) is 0 Å². The molecule has 0 aromatic heterocycles. The lowest BCUT2D eigenvalue weighted by molar-refractivity contribution is -0.147. The van der Waals surface area contributed by atoms with E-state index >= 15 is 0 Å². The quantitative estimate of drug-likeness (QED) is 0.251. The first-order valence-electron chi connectivity index (χ1n) is 11.5. The number of urea groups is 1. The van der Waals surface area contributed by atoms with Crippen molar-refractivity contribution in [1.29, 1.82) is 0 Å². The van der Waals surface area contributed by atoms with Gasteiger partial charge in [-0.05, 0) is 49.7 Å². The second-order valence-corrected chi connectivity index (χ2v) is 8.38. The van der Waals surface area contributed by atoms with E-state index in [1.807, 2.05) is 60.7 Å². The van der Waals surface area contributed by atoms with Gasteiger partial charge in [-0.2, -0.15) is 0 Å². The number of carbonyl (C=O) groups is 4. The van der Waals surface area contributed by atoms with Gasteiger partial charge in [-0.1, -0.05) is 60.7 Å². The minimum absolute atomic E-state index is 0.0435. The molecule has 1 heterocycles. The van der Waals surface area contributed by atoms with Gasteiger partial charge in [0.2, 0.25) is 11.8 Å². The molecule has 1 fully saturated rings. The number of amides is 4. The predicted octanol–water partition coefficient (Wildman–Crippen LogP) is 3.05. The van der Waals surface area contributed by atoms with Crippen LogP contribution < -0.4 is 10.6 Å². The van der Waals surface area contributed by atoms with Gasteiger partial charge in [-0.3, -0.25) is 25.0 Å². The summed E-state index contributed by atoms with van der Waals surface area (Å²) in [6, 6.07) is 18.0. The van der Waals surface area contributed by atoms with Gasteiger partial charge >= 0.3 is 12.0 Å². The summed E-state index contributed by atoms with van der Waals surface area (Å²) >= 11 is 0. The van der Waals surface area contributed by atoms with Crippen LogP contribution in [-0.4, -0.2) is 42.1 Å². The Kier molecular flexibility index (Phi) is 8.93. The van der Waals surface area contributed by atoms with Gasteiger partial charge in [-0.25, -0.2) is 4.79 Å². The van der Waals surface area contributed by atoms with Gasteiger partial charge < -0.3 is 9.84 Å². The SMILES string of the molecule is O=C1NC(=O)C(CCCCO)(CCCCOC(=O)C(c2ccccc2)c2ccccc2)C(=O)N1. The highest BCUT2D eigenvalue weighted by molar-refractivity contribution is 6.19. The van der Waals surface area contributed by atoms with Gasteiger partial charge in [0.1, 0.15) is 11.3 Å². The summed E-state index contributed by atoms with van der Waals surface area (Å²) in [6.07, 6.45) is 2.26. The lowest BCUT2D eigenvalue weighted by Crippen LogP contribution is -2.62. The minimum atomic E-state index is -1.37. The van der Waals surface area contributed by atoms with Crippen molar-refractivity contribution >= 4 is 23.8 Å². The van der Waals surface area contributed by atoms with E-state index in [1.54, 1.807) is 0 Å². The number of imide groups is 2. The number of aliphatic hydroxyl groups excluding tert-OH is 1. The molecule has 8 heteroatoms. The number of hydrogen-bond donors (Lipinski definition) is 3. The third kappa shape index (κ3) is 6.08. The number of unbranched alkanes of at least 4 members (excludes halogenated alkanes) is 2. The van der Waals surface area contributed by atoms with E-state index < -0.39 is 29.2 Å². The van der Waals surface area contributed by atoms with Crippen molar-refractivity contribution in [3.8, 4) is 0 Å². The molecule has 3 N–H and O–H groups in total. The van der Waals surface area contributed by atoms with Crippen LogP contribution in [0.1, 0.15) is 55.6 Å². The van der Waals surface area contributed by atoms with Gasteiger partial charge in [0, 0.05) is 6.61 Å². The minimum Gasteiger partial charge on any atom is -0.465 e.